The molecule has 1 aliphatic rings. The second-order valence-electron chi connectivity index (χ2n) is 4.69. The molecular formula is C12H14N2O4S2. The molecule has 0 aliphatic carbocycles. The highest BCUT2D eigenvalue weighted by Crippen LogP contribution is 2.21. The van der Waals surface area contributed by atoms with Crippen molar-refractivity contribution >= 4 is 25.5 Å². The molecule has 2 rings (SSSR count). The molecule has 0 amide bonds. The van der Waals surface area contributed by atoms with Crippen molar-refractivity contribution in [3.63, 3.8) is 0 Å². The van der Waals surface area contributed by atoms with Gasteiger partial charge in [-0.1, -0.05) is 0 Å². The van der Waals surface area contributed by atoms with Crippen molar-refractivity contribution in [2.45, 2.75) is 18.1 Å². The number of sulfonamides is 1. The second-order valence-corrected chi connectivity index (χ2v) is 8.95. The van der Waals surface area contributed by atoms with Crippen LogP contribution in [0.1, 0.15) is 18.4 Å². The molecule has 0 bridgehead atoms. The van der Waals surface area contributed by atoms with E-state index in [2.05, 4.69) is 4.72 Å². The van der Waals surface area contributed by atoms with Crippen molar-refractivity contribution in [1.29, 1.82) is 5.26 Å². The second kappa shape index (κ2) is 5.42. The van der Waals surface area contributed by atoms with Crippen LogP contribution in [-0.4, -0.2) is 33.6 Å². The summed E-state index contributed by atoms with van der Waals surface area (Å²) in [7, 11) is -6.69. The number of hydrogen-bond acceptors (Lipinski definition) is 5. The monoisotopic (exact) mass is 314 g/mol. The highest BCUT2D eigenvalue weighted by molar-refractivity contribution is 7.94. The molecule has 108 valence electrons. The van der Waals surface area contributed by atoms with Crippen LogP contribution in [0.3, 0.4) is 0 Å². The Balaban J connectivity index is 2.09. The van der Waals surface area contributed by atoms with Gasteiger partial charge in [-0.25, -0.2) is 16.8 Å². The predicted molar refractivity (Wildman–Crippen MR) is 75.4 cm³/mol. The summed E-state index contributed by atoms with van der Waals surface area (Å²) < 4.78 is 49.3. The van der Waals surface area contributed by atoms with E-state index < -0.39 is 25.1 Å². The van der Waals surface area contributed by atoms with Crippen LogP contribution in [0.15, 0.2) is 24.3 Å². The third kappa shape index (κ3) is 3.49. The number of nitrogens with zero attached hydrogens (tertiary/aromatic N) is 1. The number of hydrogen-bond donors (Lipinski definition) is 1. The van der Waals surface area contributed by atoms with E-state index in [4.69, 9.17) is 5.26 Å². The molecule has 0 radical (unpaired) electrons. The Morgan fingerprint density at radius 2 is 1.70 bits per heavy atom. The molecule has 1 N–H and O–H groups in total. The summed E-state index contributed by atoms with van der Waals surface area (Å²) in [4.78, 5) is 0. The Kier molecular flexibility index (Phi) is 4.01. The van der Waals surface area contributed by atoms with Gasteiger partial charge in [-0.15, -0.1) is 0 Å². The molecule has 0 spiro atoms. The molecule has 0 unspecified atom stereocenters. The van der Waals surface area contributed by atoms with Crippen molar-refractivity contribution < 1.29 is 16.8 Å². The van der Waals surface area contributed by atoms with E-state index in [0.717, 1.165) is 0 Å². The van der Waals surface area contributed by atoms with Crippen LogP contribution in [0.2, 0.25) is 0 Å². The first-order valence-electron chi connectivity index (χ1n) is 6.05. The van der Waals surface area contributed by atoms with Gasteiger partial charge in [0.1, 0.15) is 9.84 Å². The number of nitriles is 1. The maximum atomic E-state index is 12.1. The van der Waals surface area contributed by atoms with E-state index in [1.165, 1.54) is 24.3 Å². The van der Waals surface area contributed by atoms with Crippen LogP contribution in [0, 0.1) is 11.3 Å². The minimum Gasteiger partial charge on any atom is -0.283 e. The lowest BCUT2D eigenvalue weighted by Crippen LogP contribution is -2.35. The molecule has 0 atom stereocenters. The largest absolute Gasteiger partial charge is 0.283 e. The zero-order valence-corrected chi connectivity index (χ0v) is 12.2. The number of anilines is 1. The normalized spacial score (nSPS) is 19.1. The smallest absolute Gasteiger partial charge is 0.235 e. The molecule has 1 aliphatic heterocycles. The Labute approximate surface area is 118 Å². The standard InChI is InChI=1S/C12H14N2O4S2/c13-9-10-1-3-11(4-2-10)14-20(17,18)12-5-7-19(15,16)8-6-12/h1-4,12,14H,5-8H2. The van der Waals surface area contributed by atoms with E-state index >= 15 is 0 Å². The fourth-order valence-electron chi connectivity index (χ4n) is 2.04. The zero-order valence-electron chi connectivity index (χ0n) is 10.6. The van der Waals surface area contributed by atoms with Crippen LogP contribution >= 0.6 is 0 Å². The van der Waals surface area contributed by atoms with Crippen molar-refractivity contribution in [2.75, 3.05) is 16.2 Å². The molecule has 20 heavy (non-hydrogen) atoms. The van der Waals surface area contributed by atoms with Gasteiger partial charge in [0.15, 0.2) is 0 Å². The predicted octanol–water partition coefficient (Wildman–Crippen LogP) is 0.877. The third-order valence-electron chi connectivity index (χ3n) is 3.21. The SMILES string of the molecule is N#Cc1ccc(NS(=O)(=O)C2CCS(=O)(=O)CC2)cc1. The maximum Gasteiger partial charge on any atom is 0.235 e. The van der Waals surface area contributed by atoms with Gasteiger partial charge in [0, 0.05) is 5.69 Å². The number of nitrogens with one attached hydrogen (secondary N) is 1. The highest BCUT2D eigenvalue weighted by atomic mass is 32.2. The Morgan fingerprint density at radius 3 is 2.20 bits per heavy atom. The van der Waals surface area contributed by atoms with Crippen molar-refractivity contribution in [3.8, 4) is 6.07 Å². The first-order valence-corrected chi connectivity index (χ1v) is 9.41. The Morgan fingerprint density at radius 1 is 1.15 bits per heavy atom. The lowest BCUT2D eigenvalue weighted by Gasteiger charge is -2.22. The van der Waals surface area contributed by atoms with E-state index in [0.29, 0.717) is 11.3 Å². The van der Waals surface area contributed by atoms with Gasteiger partial charge in [-0.3, -0.25) is 4.72 Å². The molecule has 1 aromatic rings. The topological polar surface area (TPSA) is 104 Å². The summed E-state index contributed by atoms with van der Waals surface area (Å²) in [6.07, 6.45) is 0.238. The first-order chi connectivity index (χ1) is 9.32. The lowest BCUT2D eigenvalue weighted by molar-refractivity contribution is 0.555. The zero-order chi connectivity index (χ0) is 14.8. The molecule has 1 heterocycles. The van der Waals surface area contributed by atoms with Gasteiger partial charge < -0.3 is 0 Å². The molecule has 1 aromatic carbocycles. The quantitative estimate of drug-likeness (QED) is 0.891. The summed E-state index contributed by atoms with van der Waals surface area (Å²) in [5, 5.41) is 7.98. The first kappa shape index (κ1) is 14.8. The summed E-state index contributed by atoms with van der Waals surface area (Å²) in [5.74, 6) is -0.183. The number of sulfone groups is 1. The number of benzene rings is 1. The van der Waals surface area contributed by atoms with Gasteiger partial charge in [0.05, 0.1) is 28.4 Å². The van der Waals surface area contributed by atoms with Gasteiger partial charge in [-0.05, 0) is 37.1 Å². The van der Waals surface area contributed by atoms with Crippen LogP contribution in [-0.2, 0) is 19.9 Å². The average molecular weight is 314 g/mol. The van der Waals surface area contributed by atoms with E-state index in [1.807, 2.05) is 6.07 Å². The van der Waals surface area contributed by atoms with Crippen LogP contribution in [0.5, 0.6) is 0 Å². The van der Waals surface area contributed by atoms with Gasteiger partial charge in [0.2, 0.25) is 10.0 Å². The van der Waals surface area contributed by atoms with Crippen molar-refractivity contribution in [1.82, 2.24) is 0 Å². The summed E-state index contributed by atoms with van der Waals surface area (Å²) in [6.45, 7) is 0. The summed E-state index contributed by atoms with van der Waals surface area (Å²) in [6, 6.07) is 8.00. The van der Waals surface area contributed by atoms with Gasteiger partial charge in [0.25, 0.3) is 0 Å². The molecule has 0 aromatic heterocycles. The lowest BCUT2D eigenvalue weighted by atomic mass is 10.2. The third-order valence-corrected chi connectivity index (χ3v) is 6.80. The van der Waals surface area contributed by atoms with Crippen molar-refractivity contribution in [2.24, 2.45) is 0 Å². The van der Waals surface area contributed by atoms with E-state index in [9.17, 15) is 16.8 Å². The summed E-state index contributed by atoms with van der Waals surface area (Å²) in [5.41, 5.74) is 0.814. The minimum absolute atomic E-state index is 0.0913. The summed E-state index contributed by atoms with van der Waals surface area (Å²) >= 11 is 0. The number of rotatable bonds is 3. The van der Waals surface area contributed by atoms with E-state index in [-0.39, 0.29) is 24.3 Å². The Hall–Kier alpha value is -1.59. The van der Waals surface area contributed by atoms with Crippen LogP contribution in [0.25, 0.3) is 0 Å². The molecule has 8 heteroatoms. The molecule has 0 saturated carbocycles. The fraction of sp³-hybridized carbons (Fsp3) is 0.417. The fourth-order valence-corrected chi connectivity index (χ4v) is 5.32. The van der Waals surface area contributed by atoms with Crippen molar-refractivity contribution in [3.05, 3.63) is 29.8 Å². The molecule has 6 nitrogen and oxygen atoms in total. The highest BCUT2D eigenvalue weighted by Gasteiger charge is 2.32. The van der Waals surface area contributed by atoms with Gasteiger partial charge in [-0.2, -0.15) is 5.26 Å². The molecule has 1 saturated heterocycles. The minimum atomic E-state index is -3.60. The van der Waals surface area contributed by atoms with E-state index in [1.54, 1.807) is 0 Å². The van der Waals surface area contributed by atoms with Crippen LogP contribution in [0.4, 0.5) is 5.69 Å². The average Bonchev–Trinajstić information content (AvgIpc) is 2.38. The van der Waals surface area contributed by atoms with Crippen LogP contribution < -0.4 is 4.72 Å². The Bertz CT molecular complexity index is 717. The maximum absolute atomic E-state index is 12.1. The molecule has 1 fully saturated rings. The molecular weight excluding hydrogens is 300 g/mol. The van der Waals surface area contributed by atoms with Gasteiger partial charge >= 0.3 is 0 Å².